The molecule has 0 atom stereocenters. The summed E-state index contributed by atoms with van der Waals surface area (Å²) in [5.74, 6) is 1.93. The maximum atomic E-state index is 5.30. The van der Waals surface area contributed by atoms with Gasteiger partial charge in [-0.1, -0.05) is 164 Å². The van der Waals surface area contributed by atoms with E-state index in [-0.39, 0.29) is 0 Å². The van der Waals surface area contributed by atoms with Crippen LogP contribution in [0.25, 0.3) is 117 Å². The molecule has 0 fully saturated rings. The lowest BCUT2D eigenvalue weighted by Crippen LogP contribution is -2.03. The minimum absolute atomic E-state index is 0.638. The number of para-hydroxylation sites is 1. The molecule has 0 N–H and O–H groups in total. The van der Waals surface area contributed by atoms with Crippen LogP contribution in [0.3, 0.4) is 0 Å². The van der Waals surface area contributed by atoms with Crippen molar-refractivity contribution >= 4 is 43.4 Å². The molecule has 0 amide bonds. The molecule has 0 saturated heterocycles. The average Bonchev–Trinajstić information content (AvgIpc) is 3.79. The van der Waals surface area contributed by atoms with Crippen LogP contribution in [0.4, 0.5) is 0 Å². The minimum Gasteiger partial charge on any atom is -0.309 e. The number of hydrogen-bond donors (Lipinski definition) is 0. The van der Waals surface area contributed by atoms with Crippen LogP contribution < -0.4 is 0 Å². The summed E-state index contributed by atoms with van der Waals surface area (Å²) in [4.78, 5) is 15.7. The summed E-state index contributed by atoms with van der Waals surface area (Å²) < 4.78 is 2.47. The van der Waals surface area contributed by atoms with Crippen molar-refractivity contribution in [3.8, 4) is 73.2 Å². The minimum atomic E-state index is 0.638. The second-order valence-corrected chi connectivity index (χ2v) is 14.8. The first-order valence-corrected chi connectivity index (χ1v) is 19.4. The Morgan fingerprint density at radius 1 is 0.316 bits per heavy atom. The van der Waals surface area contributed by atoms with Crippen molar-refractivity contribution in [3.63, 3.8) is 0 Å². The summed E-state index contributed by atoms with van der Waals surface area (Å²) in [7, 11) is 0. The van der Waals surface area contributed by atoms with Crippen LogP contribution >= 0.6 is 0 Å². The third-order valence-electron chi connectivity index (χ3n) is 11.6. The molecule has 9 aromatic carbocycles. The van der Waals surface area contributed by atoms with Gasteiger partial charge in [0.2, 0.25) is 0 Å². The van der Waals surface area contributed by atoms with E-state index in [0.717, 1.165) is 33.5 Å². The highest BCUT2D eigenvalue weighted by atomic mass is 15.0. The Hall–Kier alpha value is -7.69. The van der Waals surface area contributed by atoms with Gasteiger partial charge in [-0.25, -0.2) is 15.0 Å². The molecule has 57 heavy (non-hydrogen) atoms. The fraction of sp³-hybridized carbons (Fsp3) is 0. The van der Waals surface area contributed by atoms with Gasteiger partial charge in [0.25, 0.3) is 0 Å². The van der Waals surface area contributed by atoms with E-state index in [1.807, 2.05) is 24.3 Å². The van der Waals surface area contributed by atoms with Gasteiger partial charge in [0.05, 0.1) is 16.7 Å². The van der Waals surface area contributed by atoms with Crippen LogP contribution in [0, 0.1) is 0 Å². The van der Waals surface area contributed by atoms with Gasteiger partial charge in [0.1, 0.15) is 0 Å². The summed E-state index contributed by atoms with van der Waals surface area (Å²) in [6, 6.07) is 69.1. The molecule has 0 spiro atoms. The maximum Gasteiger partial charge on any atom is 0.164 e. The van der Waals surface area contributed by atoms with Gasteiger partial charge in [0, 0.05) is 38.6 Å². The van der Waals surface area contributed by atoms with Gasteiger partial charge >= 0.3 is 0 Å². The zero-order valence-corrected chi connectivity index (χ0v) is 30.8. The van der Waals surface area contributed by atoms with Crippen LogP contribution in [0.2, 0.25) is 0 Å². The van der Waals surface area contributed by atoms with Crippen LogP contribution in [0.5, 0.6) is 0 Å². The lowest BCUT2D eigenvalue weighted by Gasteiger charge is -2.18. The van der Waals surface area contributed by atoms with Gasteiger partial charge < -0.3 is 4.57 Å². The van der Waals surface area contributed by atoms with Crippen molar-refractivity contribution in [2.24, 2.45) is 0 Å². The average molecular weight is 725 g/mol. The van der Waals surface area contributed by atoms with Crippen molar-refractivity contribution in [1.29, 1.82) is 0 Å². The second-order valence-electron chi connectivity index (χ2n) is 14.8. The SMILES string of the molecule is c1ccc(-c2ccc(-c3nc(-c4ccccc4)nc(-c4ccc(-n5c6ccccc6c6cc7ccccc7cc65)c5c4-c4cccc6cccc-5c46)n3)cc2)cc1. The maximum absolute atomic E-state index is 5.30. The lowest BCUT2D eigenvalue weighted by molar-refractivity contribution is 1.07. The Morgan fingerprint density at radius 3 is 1.60 bits per heavy atom. The highest BCUT2D eigenvalue weighted by Gasteiger charge is 2.30. The molecule has 4 heteroatoms. The standard InChI is InChI=1S/C53H32N4/c1-3-13-33(14-4-1)34-25-27-37(28-26-34)52-54-51(36-15-5-2-6-16-36)55-53(56-52)43-29-30-46(50-42-23-12-20-35-19-11-22-41(48(35)42)49(43)50)57-45-24-10-9-21-40(45)44-31-38-17-7-8-18-39(38)32-47(44)57/h1-32H. The third kappa shape index (κ3) is 4.91. The largest absolute Gasteiger partial charge is 0.309 e. The Bertz CT molecular complexity index is 3380. The van der Waals surface area contributed by atoms with E-state index in [0.29, 0.717) is 17.5 Å². The first kappa shape index (κ1) is 31.6. The highest BCUT2D eigenvalue weighted by molar-refractivity contribution is 6.21. The predicted octanol–water partition coefficient (Wildman–Crippen LogP) is 13.6. The van der Waals surface area contributed by atoms with E-state index in [2.05, 4.69) is 174 Å². The molecule has 1 aliphatic carbocycles. The number of fused-ring (bicyclic) bond motifs is 7. The number of benzene rings is 9. The van der Waals surface area contributed by atoms with E-state index >= 15 is 0 Å². The van der Waals surface area contributed by atoms with Gasteiger partial charge in [-0.05, 0) is 74.1 Å². The topological polar surface area (TPSA) is 43.6 Å². The Kier molecular flexibility index (Phi) is 6.89. The van der Waals surface area contributed by atoms with E-state index < -0.39 is 0 Å². The van der Waals surface area contributed by atoms with E-state index in [4.69, 9.17) is 15.0 Å². The fourth-order valence-corrected chi connectivity index (χ4v) is 8.97. The molecule has 2 heterocycles. The molecule has 0 unspecified atom stereocenters. The van der Waals surface area contributed by atoms with Crippen molar-refractivity contribution < 1.29 is 0 Å². The van der Waals surface area contributed by atoms with Gasteiger partial charge in [0.15, 0.2) is 17.5 Å². The molecule has 0 aliphatic heterocycles. The normalized spacial score (nSPS) is 11.9. The molecular formula is C53H32N4. The van der Waals surface area contributed by atoms with Crippen molar-refractivity contribution in [2.45, 2.75) is 0 Å². The lowest BCUT2D eigenvalue weighted by atomic mass is 9.95. The molecule has 0 radical (unpaired) electrons. The molecule has 12 rings (SSSR count). The summed E-state index contributed by atoms with van der Waals surface area (Å²) in [6.45, 7) is 0. The third-order valence-corrected chi connectivity index (χ3v) is 11.6. The Balaban J connectivity index is 1.14. The molecule has 0 saturated carbocycles. The van der Waals surface area contributed by atoms with E-state index in [9.17, 15) is 0 Å². The van der Waals surface area contributed by atoms with Crippen molar-refractivity contribution in [3.05, 3.63) is 194 Å². The van der Waals surface area contributed by atoms with Crippen molar-refractivity contribution in [1.82, 2.24) is 19.5 Å². The monoisotopic (exact) mass is 724 g/mol. The smallest absolute Gasteiger partial charge is 0.164 e. The van der Waals surface area contributed by atoms with Crippen LogP contribution in [0.15, 0.2) is 194 Å². The number of rotatable bonds is 5. The molecule has 264 valence electrons. The quantitative estimate of drug-likeness (QED) is 0.177. The molecule has 11 aromatic rings. The summed E-state index contributed by atoms with van der Waals surface area (Å²) >= 11 is 0. The van der Waals surface area contributed by atoms with Crippen molar-refractivity contribution in [2.75, 3.05) is 0 Å². The number of aromatic nitrogens is 4. The molecule has 0 bridgehead atoms. The molecular weight excluding hydrogens is 693 g/mol. The molecule has 4 nitrogen and oxygen atoms in total. The van der Waals surface area contributed by atoms with Crippen LogP contribution in [0.1, 0.15) is 0 Å². The van der Waals surface area contributed by atoms with Gasteiger partial charge in [-0.15, -0.1) is 0 Å². The Labute approximate surface area is 329 Å². The number of hydrogen-bond acceptors (Lipinski definition) is 3. The summed E-state index contributed by atoms with van der Waals surface area (Å²) in [6.07, 6.45) is 0. The fourth-order valence-electron chi connectivity index (χ4n) is 8.97. The first-order valence-electron chi connectivity index (χ1n) is 19.4. The molecule has 2 aromatic heterocycles. The summed E-state index contributed by atoms with van der Waals surface area (Å²) in [5.41, 5.74) is 13.4. The zero-order chi connectivity index (χ0) is 37.5. The van der Waals surface area contributed by atoms with E-state index in [1.165, 1.54) is 65.6 Å². The van der Waals surface area contributed by atoms with Crippen LogP contribution in [-0.2, 0) is 0 Å². The predicted molar refractivity (Wildman–Crippen MR) is 235 cm³/mol. The van der Waals surface area contributed by atoms with Gasteiger partial charge in [-0.2, -0.15) is 0 Å². The zero-order valence-electron chi connectivity index (χ0n) is 30.8. The first-order chi connectivity index (χ1) is 28.3. The summed E-state index contributed by atoms with van der Waals surface area (Å²) in [5, 5.41) is 7.40. The Morgan fingerprint density at radius 2 is 0.860 bits per heavy atom. The second kappa shape index (κ2) is 12.4. The molecule has 1 aliphatic rings. The number of nitrogens with zero attached hydrogens (tertiary/aromatic N) is 4. The highest BCUT2D eigenvalue weighted by Crippen LogP contribution is 2.54. The van der Waals surface area contributed by atoms with E-state index in [1.54, 1.807) is 0 Å². The van der Waals surface area contributed by atoms with Crippen LogP contribution in [-0.4, -0.2) is 19.5 Å². The van der Waals surface area contributed by atoms with Gasteiger partial charge in [-0.3, -0.25) is 0 Å².